The number of para-hydroxylation sites is 2. The van der Waals surface area contributed by atoms with Gasteiger partial charge in [-0.25, -0.2) is 0 Å². The van der Waals surface area contributed by atoms with E-state index in [2.05, 4.69) is 0 Å². The third kappa shape index (κ3) is 3.50. The van der Waals surface area contributed by atoms with Crippen LogP contribution in [0, 0.1) is 20.2 Å². The smallest absolute Gasteiger partial charge is 0.258 e. The topological polar surface area (TPSA) is 86.3 Å². The average Bonchev–Trinajstić information content (AvgIpc) is 2.48. The van der Waals surface area contributed by atoms with Crippen LogP contribution in [0.2, 0.25) is 0 Å². The van der Waals surface area contributed by atoms with Crippen molar-refractivity contribution < 1.29 is 9.85 Å². The van der Waals surface area contributed by atoms with Crippen LogP contribution in [0.25, 0.3) is 6.08 Å². The number of nitrogens with zero attached hydrogens (tertiary/aromatic N) is 2. The Balaban J connectivity index is 2.21. The first-order valence-corrected chi connectivity index (χ1v) is 6.22. The van der Waals surface area contributed by atoms with Crippen LogP contribution in [-0.4, -0.2) is 9.85 Å². The van der Waals surface area contributed by atoms with Crippen LogP contribution >= 0.6 is 0 Å². The molecule has 0 amide bonds. The molecule has 0 bridgehead atoms. The van der Waals surface area contributed by atoms with Crippen molar-refractivity contribution in [3.8, 4) is 0 Å². The fraction of sp³-hybridized carbons (Fsp3) is 0.0667. The maximum atomic E-state index is 10.9. The Morgan fingerprint density at radius 1 is 0.857 bits per heavy atom. The van der Waals surface area contributed by atoms with Gasteiger partial charge in [-0.05, 0) is 12.5 Å². The fourth-order valence-electron chi connectivity index (χ4n) is 1.97. The van der Waals surface area contributed by atoms with Crippen molar-refractivity contribution >= 4 is 17.5 Å². The van der Waals surface area contributed by atoms with Crippen LogP contribution in [0.5, 0.6) is 0 Å². The van der Waals surface area contributed by atoms with E-state index in [4.69, 9.17) is 0 Å². The van der Waals surface area contributed by atoms with Crippen LogP contribution in [-0.2, 0) is 6.42 Å². The molecule has 0 saturated carbocycles. The van der Waals surface area contributed by atoms with E-state index in [0.717, 1.165) is 0 Å². The van der Waals surface area contributed by atoms with Crippen molar-refractivity contribution in [1.29, 1.82) is 0 Å². The first-order chi connectivity index (χ1) is 10.1. The third-order valence-electron chi connectivity index (χ3n) is 2.96. The molecule has 0 aromatic heterocycles. The zero-order valence-corrected chi connectivity index (χ0v) is 11.0. The van der Waals surface area contributed by atoms with Gasteiger partial charge in [0, 0.05) is 17.7 Å². The molecule has 0 fully saturated rings. The van der Waals surface area contributed by atoms with Crippen LogP contribution in [0.1, 0.15) is 11.1 Å². The highest BCUT2D eigenvalue weighted by Gasteiger charge is 2.11. The van der Waals surface area contributed by atoms with E-state index in [9.17, 15) is 20.2 Å². The monoisotopic (exact) mass is 284 g/mol. The zero-order chi connectivity index (χ0) is 15.2. The normalized spacial score (nSPS) is 10.7. The van der Waals surface area contributed by atoms with Gasteiger partial charge >= 0.3 is 0 Å². The number of hydrogen-bond acceptors (Lipinski definition) is 4. The average molecular weight is 284 g/mol. The second-order valence-electron chi connectivity index (χ2n) is 4.31. The second-order valence-corrected chi connectivity index (χ2v) is 4.31. The highest BCUT2D eigenvalue weighted by atomic mass is 16.6. The molecule has 2 aromatic carbocycles. The predicted octanol–water partition coefficient (Wildman–Crippen LogP) is 3.76. The molecule has 21 heavy (non-hydrogen) atoms. The van der Waals surface area contributed by atoms with E-state index in [1.54, 1.807) is 48.6 Å². The first-order valence-electron chi connectivity index (χ1n) is 6.22. The van der Waals surface area contributed by atoms with Crippen molar-refractivity contribution in [3.63, 3.8) is 0 Å². The fourth-order valence-corrected chi connectivity index (χ4v) is 1.97. The van der Waals surface area contributed by atoms with Gasteiger partial charge in [0.25, 0.3) is 11.4 Å². The summed E-state index contributed by atoms with van der Waals surface area (Å²) < 4.78 is 0. The lowest BCUT2D eigenvalue weighted by molar-refractivity contribution is -0.385. The minimum Gasteiger partial charge on any atom is -0.258 e. The molecular weight excluding hydrogens is 272 g/mol. The molecule has 2 aromatic rings. The zero-order valence-electron chi connectivity index (χ0n) is 11.0. The number of benzene rings is 2. The summed E-state index contributed by atoms with van der Waals surface area (Å²) in [6.07, 6.45) is 3.63. The van der Waals surface area contributed by atoms with Crippen molar-refractivity contribution in [3.05, 3.63) is 86.0 Å². The molecule has 0 N–H and O–H groups in total. The SMILES string of the molecule is O=[N+]([O-])c1ccccc1/C=C/Cc1ccccc1[N+](=O)[O-]. The van der Waals surface area contributed by atoms with Gasteiger partial charge in [-0.15, -0.1) is 0 Å². The minimum absolute atomic E-state index is 0.0105. The van der Waals surface area contributed by atoms with Crippen molar-refractivity contribution in [2.45, 2.75) is 6.42 Å². The van der Waals surface area contributed by atoms with E-state index in [-0.39, 0.29) is 11.4 Å². The first kappa shape index (κ1) is 14.4. The van der Waals surface area contributed by atoms with Gasteiger partial charge < -0.3 is 0 Å². The molecule has 0 spiro atoms. The van der Waals surface area contributed by atoms with Crippen molar-refractivity contribution in [1.82, 2.24) is 0 Å². The quantitative estimate of drug-likeness (QED) is 0.617. The molecule has 0 aliphatic rings. The molecular formula is C15H12N2O4. The van der Waals surface area contributed by atoms with E-state index in [1.807, 2.05) is 0 Å². The number of hydrogen-bond donors (Lipinski definition) is 0. The minimum atomic E-state index is -0.454. The van der Waals surface area contributed by atoms with E-state index in [1.165, 1.54) is 12.1 Å². The molecule has 6 nitrogen and oxygen atoms in total. The van der Waals surface area contributed by atoms with Gasteiger partial charge in [-0.3, -0.25) is 20.2 Å². The maximum absolute atomic E-state index is 10.9. The summed E-state index contributed by atoms with van der Waals surface area (Å²) in [6, 6.07) is 12.8. The Hall–Kier alpha value is -3.02. The lowest BCUT2D eigenvalue weighted by atomic mass is 10.1. The Bertz CT molecular complexity index is 710. The van der Waals surface area contributed by atoms with Crippen molar-refractivity contribution in [2.24, 2.45) is 0 Å². The van der Waals surface area contributed by atoms with E-state index >= 15 is 0 Å². The summed E-state index contributed by atoms with van der Waals surface area (Å²) >= 11 is 0. The summed E-state index contributed by atoms with van der Waals surface area (Å²) in [5, 5.41) is 21.8. The molecule has 0 unspecified atom stereocenters. The lowest BCUT2D eigenvalue weighted by Gasteiger charge is -1.99. The summed E-state index contributed by atoms with van der Waals surface area (Å²) in [5.74, 6) is 0. The molecule has 0 atom stereocenters. The highest BCUT2D eigenvalue weighted by Crippen LogP contribution is 2.21. The molecule has 6 heteroatoms. The van der Waals surface area contributed by atoms with Crippen LogP contribution in [0.3, 0.4) is 0 Å². The van der Waals surface area contributed by atoms with Crippen LogP contribution in [0.4, 0.5) is 11.4 Å². The number of allylic oxidation sites excluding steroid dienone is 1. The lowest BCUT2D eigenvalue weighted by Crippen LogP contribution is -1.94. The number of rotatable bonds is 5. The molecule has 0 radical (unpaired) electrons. The summed E-state index contributed by atoms with van der Waals surface area (Å²) in [5.41, 5.74) is 1.10. The molecule has 0 heterocycles. The Morgan fingerprint density at radius 3 is 2.10 bits per heavy atom. The van der Waals surface area contributed by atoms with E-state index < -0.39 is 9.85 Å². The van der Waals surface area contributed by atoms with Gasteiger partial charge in [0.15, 0.2) is 0 Å². The molecule has 0 aliphatic heterocycles. The van der Waals surface area contributed by atoms with Crippen LogP contribution < -0.4 is 0 Å². The van der Waals surface area contributed by atoms with Gasteiger partial charge in [0.1, 0.15) is 0 Å². The number of nitro benzene ring substituents is 2. The maximum Gasteiger partial charge on any atom is 0.276 e. The van der Waals surface area contributed by atoms with Gasteiger partial charge in [-0.1, -0.05) is 42.5 Å². The third-order valence-corrected chi connectivity index (χ3v) is 2.96. The Morgan fingerprint density at radius 2 is 1.43 bits per heavy atom. The number of nitro groups is 2. The van der Waals surface area contributed by atoms with E-state index in [0.29, 0.717) is 17.5 Å². The standard InChI is InChI=1S/C15H12N2O4/c18-16(19)14-10-3-1-6-12(14)8-5-9-13-7-2-4-11-15(13)17(20)21/h1-8,10-11H,9H2/b8-5+. The molecule has 0 saturated heterocycles. The molecule has 0 aliphatic carbocycles. The van der Waals surface area contributed by atoms with Gasteiger partial charge in [0.05, 0.1) is 15.4 Å². The summed E-state index contributed by atoms with van der Waals surface area (Å²) in [4.78, 5) is 20.9. The van der Waals surface area contributed by atoms with Crippen molar-refractivity contribution in [2.75, 3.05) is 0 Å². The Labute approximate surface area is 120 Å². The highest BCUT2D eigenvalue weighted by molar-refractivity contribution is 5.61. The summed E-state index contributed by atoms with van der Waals surface area (Å²) in [6.45, 7) is 0. The summed E-state index contributed by atoms with van der Waals surface area (Å²) in [7, 11) is 0. The van der Waals surface area contributed by atoms with Gasteiger partial charge in [-0.2, -0.15) is 0 Å². The predicted molar refractivity (Wildman–Crippen MR) is 78.9 cm³/mol. The Kier molecular flexibility index (Phi) is 4.40. The largest absolute Gasteiger partial charge is 0.276 e. The molecule has 2 rings (SSSR count). The van der Waals surface area contributed by atoms with Gasteiger partial charge in [0.2, 0.25) is 0 Å². The second kappa shape index (κ2) is 6.42. The molecule has 106 valence electrons. The van der Waals surface area contributed by atoms with Crippen LogP contribution in [0.15, 0.2) is 54.6 Å².